The number of halogens is 2. The Hall–Kier alpha value is -1.53. The third-order valence-corrected chi connectivity index (χ3v) is 2.65. The number of rotatable bonds is 7. The van der Waals surface area contributed by atoms with Gasteiger partial charge in [0, 0.05) is 25.6 Å². The van der Waals surface area contributed by atoms with E-state index in [4.69, 9.17) is 0 Å². The van der Waals surface area contributed by atoms with Crippen LogP contribution in [0.25, 0.3) is 0 Å². The van der Waals surface area contributed by atoms with Crippen LogP contribution in [0.5, 0.6) is 0 Å². The van der Waals surface area contributed by atoms with Gasteiger partial charge in [-0.25, -0.2) is 8.78 Å². The molecule has 0 aliphatic heterocycles. The molecular weight excluding hydrogens is 266 g/mol. The van der Waals surface area contributed by atoms with Gasteiger partial charge in [-0.15, -0.1) is 0 Å². The van der Waals surface area contributed by atoms with Crippen molar-refractivity contribution in [2.45, 2.75) is 32.4 Å². The lowest BCUT2D eigenvalue weighted by atomic mass is 10.1. The molecule has 0 spiro atoms. The van der Waals surface area contributed by atoms with Gasteiger partial charge in [-0.05, 0) is 26.0 Å². The fraction of sp³-hybridized carbons (Fsp3) is 0.500. The minimum atomic E-state index is -1.29. The van der Waals surface area contributed by atoms with Crippen LogP contribution in [0.2, 0.25) is 0 Å². The first-order valence-corrected chi connectivity index (χ1v) is 6.54. The van der Waals surface area contributed by atoms with Crippen LogP contribution in [0.1, 0.15) is 31.9 Å². The summed E-state index contributed by atoms with van der Waals surface area (Å²) in [6.45, 7) is 4.02. The number of hydrogen-bond donors (Lipinski definition) is 3. The van der Waals surface area contributed by atoms with Gasteiger partial charge in [-0.3, -0.25) is 4.79 Å². The molecule has 20 heavy (non-hydrogen) atoms. The van der Waals surface area contributed by atoms with Gasteiger partial charge < -0.3 is 15.7 Å². The molecule has 0 aliphatic carbocycles. The van der Waals surface area contributed by atoms with Crippen molar-refractivity contribution < 1.29 is 18.7 Å². The molecule has 1 aromatic carbocycles. The van der Waals surface area contributed by atoms with E-state index < -0.39 is 17.7 Å². The largest absolute Gasteiger partial charge is 0.387 e. The number of amides is 1. The Labute approximate surface area is 117 Å². The molecule has 0 fully saturated rings. The number of nitrogens with one attached hydrogen (secondary N) is 2. The number of benzene rings is 1. The molecule has 6 heteroatoms. The molecule has 1 amide bonds. The van der Waals surface area contributed by atoms with Crippen LogP contribution >= 0.6 is 0 Å². The average Bonchev–Trinajstić information content (AvgIpc) is 2.33. The van der Waals surface area contributed by atoms with Crippen molar-refractivity contribution in [1.82, 2.24) is 10.6 Å². The predicted molar refractivity (Wildman–Crippen MR) is 72.1 cm³/mol. The summed E-state index contributed by atoms with van der Waals surface area (Å²) in [5.41, 5.74) is -0.355. The molecule has 1 rings (SSSR count). The minimum absolute atomic E-state index is 0.0210. The van der Waals surface area contributed by atoms with Crippen molar-refractivity contribution in [2.75, 3.05) is 13.1 Å². The number of aliphatic hydroxyl groups is 1. The molecule has 112 valence electrons. The first kappa shape index (κ1) is 16.5. The van der Waals surface area contributed by atoms with Gasteiger partial charge in [0.25, 0.3) is 0 Å². The molecule has 0 aromatic heterocycles. The Morgan fingerprint density at radius 3 is 2.45 bits per heavy atom. The van der Waals surface area contributed by atoms with Crippen LogP contribution in [0, 0.1) is 11.6 Å². The van der Waals surface area contributed by atoms with E-state index in [1.165, 1.54) is 6.07 Å². The molecule has 4 nitrogen and oxygen atoms in total. The third-order valence-electron chi connectivity index (χ3n) is 2.65. The van der Waals surface area contributed by atoms with E-state index in [-0.39, 0.29) is 30.5 Å². The number of carbonyl (C=O) groups excluding carboxylic acids is 1. The van der Waals surface area contributed by atoms with Crippen molar-refractivity contribution in [3.05, 3.63) is 35.4 Å². The van der Waals surface area contributed by atoms with Crippen LogP contribution < -0.4 is 10.6 Å². The Morgan fingerprint density at radius 2 is 1.90 bits per heavy atom. The number of hydrogen-bond acceptors (Lipinski definition) is 3. The van der Waals surface area contributed by atoms with Crippen LogP contribution in [0.4, 0.5) is 8.78 Å². The lowest BCUT2D eigenvalue weighted by Gasteiger charge is -2.14. The van der Waals surface area contributed by atoms with Crippen molar-refractivity contribution in [3.63, 3.8) is 0 Å². The highest BCUT2D eigenvalue weighted by Gasteiger charge is 2.17. The Bertz CT molecular complexity index is 433. The standard InChI is InChI=1S/C14H20F2N2O2/c1-9(2)18-13(20)6-7-17-8-12(19)14-10(15)4-3-5-11(14)16/h3-5,9,12,17,19H,6-8H2,1-2H3,(H,18,20). The van der Waals surface area contributed by atoms with E-state index in [1.807, 2.05) is 13.8 Å². The molecule has 1 unspecified atom stereocenters. The predicted octanol–water partition coefficient (Wildman–Crippen LogP) is 1.50. The molecule has 0 saturated carbocycles. The van der Waals surface area contributed by atoms with Gasteiger partial charge in [0.15, 0.2) is 0 Å². The summed E-state index contributed by atoms with van der Waals surface area (Å²) < 4.78 is 26.8. The normalized spacial score (nSPS) is 12.5. The fourth-order valence-corrected chi connectivity index (χ4v) is 1.77. The van der Waals surface area contributed by atoms with Crippen molar-refractivity contribution in [2.24, 2.45) is 0 Å². The van der Waals surface area contributed by atoms with Gasteiger partial charge in [0.2, 0.25) is 5.91 Å². The van der Waals surface area contributed by atoms with Crippen molar-refractivity contribution >= 4 is 5.91 Å². The zero-order valence-electron chi connectivity index (χ0n) is 11.6. The van der Waals surface area contributed by atoms with Gasteiger partial charge in [0.05, 0.1) is 11.7 Å². The molecule has 0 bridgehead atoms. The fourth-order valence-electron chi connectivity index (χ4n) is 1.77. The second-order valence-electron chi connectivity index (χ2n) is 4.83. The monoisotopic (exact) mass is 286 g/mol. The molecule has 3 N–H and O–H groups in total. The van der Waals surface area contributed by atoms with Gasteiger partial charge >= 0.3 is 0 Å². The van der Waals surface area contributed by atoms with Gasteiger partial charge in [-0.1, -0.05) is 6.07 Å². The van der Waals surface area contributed by atoms with E-state index in [1.54, 1.807) is 0 Å². The highest BCUT2D eigenvalue weighted by molar-refractivity contribution is 5.76. The zero-order chi connectivity index (χ0) is 15.1. The average molecular weight is 286 g/mol. The summed E-state index contributed by atoms with van der Waals surface area (Å²) in [5, 5.41) is 15.3. The van der Waals surface area contributed by atoms with Crippen molar-refractivity contribution in [1.29, 1.82) is 0 Å². The summed E-state index contributed by atoms with van der Waals surface area (Å²) in [4.78, 5) is 11.3. The maximum Gasteiger partial charge on any atom is 0.221 e. The lowest BCUT2D eigenvalue weighted by Crippen LogP contribution is -2.33. The third kappa shape index (κ3) is 5.22. The Balaban J connectivity index is 2.37. The number of carbonyl (C=O) groups is 1. The highest BCUT2D eigenvalue weighted by atomic mass is 19.1. The molecule has 0 radical (unpaired) electrons. The van der Waals surface area contributed by atoms with Gasteiger partial charge in [0.1, 0.15) is 11.6 Å². The zero-order valence-corrected chi connectivity index (χ0v) is 11.6. The summed E-state index contributed by atoms with van der Waals surface area (Å²) in [7, 11) is 0. The lowest BCUT2D eigenvalue weighted by molar-refractivity contribution is -0.121. The van der Waals surface area contributed by atoms with E-state index in [0.29, 0.717) is 6.54 Å². The summed E-state index contributed by atoms with van der Waals surface area (Å²) in [6, 6.07) is 3.50. The van der Waals surface area contributed by atoms with Crippen molar-refractivity contribution in [3.8, 4) is 0 Å². The maximum atomic E-state index is 13.4. The maximum absolute atomic E-state index is 13.4. The summed E-state index contributed by atoms with van der Waals surface area (Å²) in [6.07, 6.45) is -1.05. The van der Waals surface area contributed by atoms with E-state index in [0.717, 1.165) is 12.1 Å². The van der Waals surface area contributed by atoms with E-state index in [2.05, 4.69) is 10.6 Å². The van der Waals surface area contributed by atoms with E-state index >= 15 is 0 Å². The first-order chi connectivity index (χ1) is 9.41. The number of aliphatic hydroxyl groups excluding tert-OH is 1. The SMILES string of the molecule is CC(C)NC(=O)CCNCC(O)c1c(F)cccc1F. The summed E-state index contributed by atoms with van der Waals surface area (Å²) in [5.74, 6) is -1.67. The van der Waals surface area contributed by atoms with E-state index in [9.17, 15) is 18.7 Å². The molecular formula is C14H20F2N2O2. The first-order valence-electron chi connectivity index (χ1n) is 6.54. The molecule has 0 aliphatic rings. The molecule has 1 atom stereocenters. The smallest absolute Gasteiger partial charge is 0.221 e. The molecule has 1 aromatic rings. The quantitative estimate of drug-likeness (QED) is 0.666. The minimum Gasteiger partial charge on any atom is -0.387 e. The second-order valence-corrected chi connectivity index (χ2v) is 4.83. The highest BCUT2D eigenvalue weighted by Crippen LogP contribution is 2.19. The molecule has 0 saturated heterocycles. The topological polar surface area (TPSA) is 61.4 Å². The van der Waals surface area contributed by atoms with Gasteiger partial charge in [-0.2, -0.15) is 0 Å². The Kier molecular flexibility index (Phi) is 6.54. The van der Waals surface area contributed by atoms with Crippen LogP contribution in [-0.2, 0) is 4.79 Å². The van der Waals surface area contributed by atoms with Crippen LogP contribution in [0.15, 0.2) is 18.2 Å². The van der Waals surface area contributed by atoms with Crippen LogP contribution in [-0.4, -0.2) is 30.1 Å². The molecule has 0 heterocycles. The summed E-state index contributed by atoms with van der Waals surface area (Å²) >= 11 is 0. The van der Waals surface area contributed by atoms with Crippen LogP contribution in [0.3, 0.4) is 0 Å². The second kappa shape index (κ2) is 7.91. The Morgan fingerprint density at radius 1 is 1.30 bits per heavy atom.